The van der Waals surface area contributed by atoms with E-state index in [2.05, 4.69) is 47.2 Å². The van der Waals surface area contributed by atoms with Crippen LogP contribution in [0.3, 0.4) is 0 Å². The Morgan fingerprint density at radius 3 is 2.54 bits per heavy atom. The molecule has 1 fully saturated rings. The summed E-state index contributed by atoms with van der Waals surface area (Å²) in [7, 11) is 0. The van der Waals surface area contributed by atoms with Crippen LogP contribution in [0, 0.1) is 19.7 Å². The van der Waals surface area contributed by atoms with Crippen LogP contribution in [0.15, 0.2) is 36.4 Å². The van der Waals surface area contributed by atoms with Crippen molar-refractivity contribution in [3.8, 4) is 0 Å². The SMILES string of the molecule is Cc1ccc(C)c(NC(=S)N2CCN(Cc3ccc(F)c(Cl)c3)CC2)c1. The number of benzene rings is 2. The molecule has 1 aliphatic rings. The molecule has 0 radical (unpaired) electrons. The highest BCUT2D eigenvalue weighted by atomic mass is 35.5. The maximum absolute atomic E-state index is 13.3. The topological polar surface area (TPSA) is 18.5 Å². The van der Waals surface area contributed by atoms with Gasteiger partial charge in [-0.2, -0.15) is 0 Å². The second kappa shape index (κ2) is 8.33. The first-order valence-electron chi connectivity index (χ1n) is 8.72. The van der Waals surface area contributed by atoms with Crippen LogP contribution in [0.1, 0.15) is 16.7 Å². The van der Waals surface area contributed by atoms with Gasteiger partial charge in [-0.3, -0.25) is 4.90 Å². The van der Waals surface area contributed by atoms with Gasteiger partial charge in [0.25, 0.3) is 0 Å². The third kappa shape index (κ3) is 4.72. The largest absolute Gasteiger partial charge is 0.346 e. The first-order valence-corrected chi connectivity index (χ1v) is 9.50. The quantitative estimate of drug-likeness (QED) is 0.770. The molecule has 0 spiro atoms. The molecule has 0 amide bonds. The Kier molecular flexibility index (Phi) is 6.12. The lowest BCUT2D eigenvalue weighted by atomic mass is 10.1. The van der Waals surface area contributed by atoms with Crippen LogP contribution in [0.25, 0.3) is 0 Å². The maximum atomic E-state index is 13.3. The molecule has 0 bridgehead atoms. The predicted octanol–water partition coefficient (Wildman–Crippen LogP) is 4.61. The van der Waals surface area contributed by atoms with Gasteiger partial charge in [0.15, 0.2) is 5.11 Å². The van der Waals surface area contributed by atoms with Crippen LogP contribution in [0.5, 0.6) is 0 Å². The fourth-order valence-corrected chi connectivity index (χ4v) is 3.57. The van der Waals surface area contributed by atoms with Gasteiger partial charge in [0.05, 0.1) is 5.02 Å². The standard InChI is InChI=1S/C20H23ClFN3S/c1-14-3-4-15(2)19(11-14)23-20(26)25-9-7-24(8-10-25)13-16-5-6-18(22)17(21)12-16/h3-6,11-12H,7-10,13H2,1-2H3,(H,23,26). The van der Waals surface area contributed by atoms with E-state index in [1.54, 1.807) is 12.1 Å². The van der Waals surface area contributed by atoms with Gasteiger partial charge >= 0.3 is 0 Å². The molecular formula is C20H23ClFN3S. The van der Waals surface area contributed by atoms with E-state index in [-0.39, 0.29) is 10.8 Å². The van der Waals surface area contributed by atoms with Crippen LogP contribution in [-0.4, -0.2) is 41.1 Å². The molecule has 3 nitrogen and oxygen atoms in total. The number of thiocarbonyl (C=S) groups is 1. The normalized spacial score (nSPS) is 15.2. The fourth-order valence-electron chi connectivity index (χ4n) is 3.07. The summed E-state index contributed by atoms with van der Waals surface area (Å²) >= 11 is 11.5. The Hall–Kier alpha value is -1.69. The molecule has 1 heterocycles. The van der Waals surface area contributed by atoms with Crippen molar-refractivity contribution >= 4 is 34.6 Å². The summed E-state index contributed by atoms with van der Waals surface area (Å²) in [5, 5.41) is 4.33. The molecule has 2 aromatic carbocycles. The highest BCUT2D eigenvalue weighted by molar-refractivity contribution is 7.80. The smallest absolute Gasteiger partial charge is 0.173 e. The van der Waals surface area contributed by atoms with Gasteiger partial charge in [-0.1, -0.05) is 29.8 Å². The summed E-state index contributed by atoms with van der Waals surface area (Å²) in [4.78, 5) is 4.53. The average Bonchev–Trinajstić information content (AvgIpc) is 2.62. The highest BCUT2D eigenvalue weighted by Gasteiger charge is 2.19. The van der Waals surface area contributed by atoms with E-state index in [0.29, 0.717) is 0 Å². The lowest BCUT2D eigenvalue weighted by Gasteiger charge is -2.36. The predicted molar refractivity (Wildman–Crippen MR) is 110 cm³/mol. The molecule has 0 saturated carbocycles. The number of hydrogen-bond donors (Lipinski definition) is 1. The van der Waals surface area contributed by atoms with Gasteiger partial charge in [0.2, 0.25) is 0 Å². The molecule has 6 heteroatoms. The minimum Gasteiger partial charge on any atom is -0.346 e. The Labute approximate surface area is 164 Å². The minimum absolute atomic E-state index is 0.181. The van der Waals surface area contributed by atoms with E-state index in [1.807, 2.05) is 0 Å². The number of halogens is 2. The van der Waals surface area contributed by atoms with Crippen molar-refractivity contribution < 1.29 is 4.39 Å². The van der Waals surface area contributed by atoms with Gasteiger partial charge in [-0.25, -0.2) is 4.39 Å². The van der Waals surface area contributed by atoms with Gasteiger partial charge < -0.3 is 10.2 Å². The van der Waals surface area contributed by atoms with Crippen molar-refractivity contribution in [3.05, 3.63) is 63.9 Å². The molecule has 2 aromatic rings. The third-order valence-electron chi connectivity index (χ3n) is 4.68. The van der Waals surface area contributed by atoms with Crippen molar-refractivity contribution in [2.45, 2.75) is 20.4 Å². The lowest BCUT2D eigenvalue weighted by Crippen LogP contribution is -2.49. The average molecular weight is 392 g/mol. The van der Waals surface area contributed by atoms with Crippen LogP contribution >= 0.6 is 23.8 Å². The van der Waals surface area contributed by atoms with Crippen LogP contribution in [0.4, 0.5) is 10.1 Å². The number of nitrogens with one attached hydrogen (secondary N) is 1. The molecular weight excluding hydrogens is 369 g/mol. The van der Waals surface area contributed by atoms with E-state index in [9.17, 15) is 4.39 Å². The summed E-state index contributed by atoms with van der Waals surface area (Å²) in [6.45, 7) is 8.47. The molecule has 1 aliphatic heterocycles. The zero-order valence-electron chi connectivity index (χ0n) is 15.1. The molecule has 26 heavy (non-hydrogen) atoms. The Morgan fingerprint density at radius 1 is 1.12 bits per heavy atom. The van der Waals surface area contributed by atoms with Gasteiger partial charge in [-0.05, 0) is 61.0 Å². The zero-order chi connectivity index (χ0) is 18.7. The van der Waals surface area contributed by atoms with Crippen LogP contribution in [0.2, 0.25) is 5.02 Å². The Morgan fingerprint density at radius 2 is 1.85 bits per heavy atom. The first kappa shape index (κ1) is 19.1. The number of anilines is 1. The van der Waals surface area contributed by atoms with E-state index in [0.717, 1.165) is 49.1 Å². The number of hydrogen-bond acceptors (Lipinski definition) is 2. The van der Waals surface area contributed by atoms with E-state index < -0.39 is 0 Å². The maximum Gasteiger partial charge on any atom is 0.173 e. The molecule has 3 rings (SSSR count). The second-order valence-corrected chi connectivity index (χ2v) is 7.55. The summed E-state index contributed by atoms with van der Waals surface area (Å²) in [6.07, 6.45) is 0. The number of aryl methyl sites for hydroxylation is 2. The van der Waals surface area contributed by atoms with Crippen molar-refractivity contribution in [3.63, 3.8) is 0 Å². The minimum atomic E-state index is -0.372. The summed E-state index contributed by atoms with van der Waals surface area (Å²) in [5.41, 5.74) is 4.49. The first-order chi connectivity index (χ1) is 12.4. The summed E-state index contributed by atoms with van der Waals surface area (Å²) in [5.74, 6) is -0.372. The second-order valence-electron chi connectivity index (χ2n) is 6.76. The van der Waals surface area contributed by atoms with E-state index in [1.165, 1.54) is 17.2 Å². The molecule has 0 atom stereocenters. The van der Waals surface area contributed by atoms with Gasteiger partial charge in [-0.15, -0.1) is 0 Å². The van der Waals surface area contributed by atoms with E-state index in [4.69, 9.17) is 23.8 Å². The molecule has 0 aromatic heterocycles. The summed E-state index contributed by atoms with van der Waals surface area (Å²) < 4.78 is 13.3. The number of piperazine rings is 1. The summed E-state index contributed by atoms with van der Waals surface area (Å²) in [6, 6.07) is 11.2. The van der Waals surface area contributed by atoms with Crippen molar-refractivity contribution in [1.82, 2.24) is 9.80 Å². The van der Waals surface area contributed by atoms with Crippen molar-refractivity contribution in [2.75, 3.05) is 31.5 Å². The highest BCUT2D eigenvalue weighted by Crippen LogP contribution is 2.19. The monoisotopic (exact) mass is 391 g/mol. The van der Waals surface area contributed by atoms with Crippen LogP contribution < -0.4 is 5.32 Å². The van der Waals surface area contributed by atoms with Gasteiger partial charge in [0, 0.05) is 38.4 Å². The van der Waals surface area contributed by atoms with E-state index >= 15 is 0 Å². The lowest BCUT2D eigenvalue weighted by molar-refractivity contribution is 0.177. The third-order valence-corrected chi connectivity index (χ3v) is 5.33. The van der Waals surface area contributed by atoms with Crippen molar-refractivity contribution in [1.29, 1.82) is 0 Å². The Bertz CT molecular complexity index is 804. The number of rotatable bonds is 3. The Balaban J connectivity index is 1.53. The molecule has 1 N–H and O–H groups in total. The fraction of sp³-hybridized carbons (Fsp3) is 0.350. The molecule has 138 valence electrons. The van der Waals surface area contributed by atoms with Crippen LogP contribution in [-0.2, 0) is 6.54 Å². The van der Waals surface area contributed by atoms with Crippen molar-refractivity contribution in [2.24, 2.45) is 0 Å². The molecule has 0 unspecified atom stereocenters. The van der Waals surface area contributed by atoms with Gasteiger partial charge in [0.1, 0.15) is 5.82 Å². The molecule has 1 saturated heterocycles. The number of nitrogens with zero attached hydrogens (tertiary/aromatic N) is 2. The zero-order valence-corrected chi connectivity index (χ0v) is 16.6. The molecule has 0 aliphatic carbocycles.